The number of anilines is 1. The van der Waals surface area contributed by atoms with Crippen LogP contribution in [0.3, 0.4) is 0 Å². The van der Waals surface area contributed by atoms with Crippen molar-refractivity contribution in [3.63, 3.8) is 0 Å². The summed E-state index contributed by atoms with van der Waals surface area (Å²) in [6.45, 7) is 9.37. The van der Waals surface area contributed by atoms with Crippen molar-refractivity contribution in [2.45, 2.75) is 40.5 Å². The molecule has 0 fully saturated rings. The third-order valence-corrected chi connectivity index (χ3v) is 5.02. The Labute approximate surface area is 152 Å². The normalized spacial score (nSPS) is 11.3. The molecule has 5 nitrogen and oxygen atoms in total. The van der Waals surface area contributed by atoms with Crippen LogP contribution in [0, 0.1) is 12.8 Å². The minimum atomic E-state index is -0.303. The number of thiophene rings is 1. The molecule has 0 saturated heterocycles. The fourth-order valence-corrected chi connectivity index (χ4v) is 3.66. The van der Waals surface area contributed by atoms with Crippen LogP contribution in [-0.4, -0.2) is 36.1 Å². The van der Waals surface area contributed by atoms with Crippen molar-refractivity contribution < 1.29 is 9.53 Å². The summed E-state index contributed by atoms with van der Waals surface area (Å²) < 4.78 is 5.37. The molecule has 0 aliphatic heterocycles. The average molecular weight is 370 g/mol. The van der Waals surface area contributed by atoms with E-state index in [0.29, 0.717) is 17.4 Å². The number of aryl methyl sites for hydroxylation is 1. The Hall–Kier alpha value is -1.40. The van der Waals surface area contributed by atoms with Gasteiger partial charge in [-0.25, -0.2) is 9.78 Å². The van der Waals surface area contributed by atoms with E-state index in [9.17, 15) is 4.79 Å². The lowest BCUT2D eigenvalue weighted by molar-refractivity contribution is 0.0464. The summed E-state index contributed by atoms with van der Waals surface area (Å²) in [5, 5.41) is 1.09. The van der Waals surface area contributed by atoms with E-state index >= 15 is 0 Å². The van der Waals surface area contributed by atoms with Crippen LogP contribution in [-0.2, 0) is 4.74 Å². The van der Waals surface area contributed by atoms with Gasteiger partial charge in [0.1, 0.15) is 15.5 Å². The maximum absolute atomic E-state index is 12.4. The second-order valence-electron chi connectivity index (χ2n) is 6.32. The molecule has 0 amide bonds. The fraction of sp³-hybridized carbons (Fsp3) is 0.588. The van der Waals surface area contributed by atoms with Crippen LogP contribution in [0.4, 0.5) is 5.82 Å². The molecule has 132 valence electrons. The van der Waals surface area contributed by atoms with Crippen molar-refractivity contribution in [3.8, 4) is 0 Å². The molecular formula is C17H24ClN3O2S. The summed E-state index contributed by atoms with van der Waals surface area (Å²) in [7, 11) is 1.99. The second kappa shape index (κ2) is 8.12. The topological polar surface area (TPSA) is 55.3 Å². The van der Waals surface area contributed by atoms with Crippen molar-refractivity contribution in [1.82, 2.24) is 9.97 Å². The van der Waals surface area contributed by atoms with Gasteiger partial charge in [-0.1, -0.05) is 27.2 Å². The molecule has 0 aromatic carbocycles. The molecule has 0 saturated carbocycles. The Morgan fingerprint density at radius 3 is 2.71 bits per heavy atom. The highest BCUT2D eigenvalue weighted by molar-refractivity contribution is 7.20. The summed E-state index contributed by atoms with van der Waals surface area (Å²) in [6.07, 6.45) is 2.16. The van der Waals surface area contributed by atoms with Crippen molar-refractivity contribution in [1.29, 1.82) is 0 Å². The minimum Gasteiger partial charge on any atom is -0.461 e. The van der Waals surface area contributed by atoms with Crippen LogP contribution < -0.4 is 4.90 Å². The van der Waals surface area contributed by atoms with Gasteiger partial charge < -0.3 is 9.64 Å². The van der Waals surface area contributed by atoms with E-state index in [-0.39, 0.29) is 11.3 Å². The lowest BCUT2D eigenvalue weighted by atomic mass is 10.2. The van der Waals surface area contributed by atoms with Gasteiger partial charge in [0, 0.05) is 13.6 Å². The molecular weight excluding hydrogens is 346 g/mol. The van der Waals surface area contributed by atoms with Gasteiger partial charge in [-0.05, 0) is 36.4 Å². The highest BCUT2D eigenvalue weighted by Gasteiger charge is 2.22. The van der Waals surface area contributed by atoms with Crippen LogP contribution in [0.15, 0.2) is 0 Å². The zero-order valence-corrected chi connectivity index (χ0v) is 16.4. The Morgan fingerprint density at radius 1 is 1.38 bits per heavy atom. The van der Waals surface area contributed by atoms with Crippen molar-refractivity contribution in [2.75, 3.05) is 25.1 Å². The van der Waals surface area contributed by atoms with E-state index in [0.717, 1.165) is 41.0 Å². The average Bonchev–Trinajstić information content (AvgIpc) is 2.86. The standard InChI is InChI=1S/C17H24ClN3O2S/c1-6-7-8-21(5)14-12-11(4)13(16(22)23-9-10(2)3)24-15(12)20-17(18)19-14/h10H,6-9H2,1-5H3. The quantitative estimate of drug-likeness (QED) is 0.523. The van der Waals surface area contributed by atoms with Crippen LogP contribution >= 0.6 is 22.9 Å². The van der Waals surface area contributed by atoms with Crippen molar-refractivity contribution in [2.24, 2.45) is 5.92 Å². The number of hydrogen-bond donors (Lipinski definition) is 0. The van der Waals surface area contributed by atoms with Gasteiger partial charge in [0.25, 0.3) is 0 Å². The highest BCUT2D eigenvalue weighted by atomic mass is 35.5. The number of esters is 1. The molecule has 0 atom stereocenters. The summed E-state index contributed by atoms with van der Waals surface area (Å²) >= 11 is 7.40. The van der Waals surface area contributed by atoms with Crippen LogP contribution in [0.5, 0.6) is 0 Å². The van der Waals surface area contributed by atoms with Gasteiger partial charge >= 0.3 is 5.97 Å². The Bertz CT molecular complexity index is 730. The number of nitrogens with zero attached hydrogens (tertiary/aromatic N) is 3. The van der Waals surface area contributed by atoms with Gasteiger partial charge in [-0.15, -0.1) is 11.3 Å². The number of halogens is 1. The number of fused-ring (bicyclic) bond motifs is 1. The van der Waals surface area contributed by atoms with Crippen molar-refractivity contribution in [3.05, 3.63) is 15.7 Å². The molecule has 0 unspecified atom stereocenters. The molecule has 2 aromatic rings. The molecule has 7 heteroatoms. The highest BCUT2D eigenvalue weighted by Crippen LogP contribution is 2.36. The molecule has 0 radical (unpaired) electrons. The first-order chi connectivity index (χ1) is 11.3. The number of ether oxygens (including phenoxy) is 1. The summed E-state index contributed by atoms with van der Waals surface area (Å²) in [6, 6.07) is 0. The SMILES string of the molecule is CCCCN(C)c1nc(Cl)nc2sc(C(=O)OCC(C)C)c(C)c12. The van der Waals surface area contributed by atoms with E-state index in [1.165, 1.54) is 11.3 Å². The second-order valence-corrected chi connectivity index (χ2v) is 7.66. The summed E-state index contributed by atoms with van der Waals surface area (Å²) in [5.41, 5.74) is 0.860. The Balaban J connectivity index is 2.44. The largest absolute Gasteiger partial charge is 0.461 e. The van der Waals surface area contributed by atoms with Crippen LogP contribution in [0.2, 0.25) is 5.28 Å². The molecule has 24 heavy (non-hydrogen) atoms. The van der Waals surface area contributed by atoms with Crippen LogP contribution in [0.25, 0.3) is 10.2 Å². The van der Waals surface area contributed by atoms with Crippen LogP contribution in [0.1, 0.15) is 48.8 Å². The number of carbonyl (C=O) groups excluding carboxylic acids is 1. The lowest BCUT2D eigenvalue weighted by Crippen LogP contribution is -2.20. The molecule has 0 spiro atoms. The molecule has 0 bridgehead atoms. The minimum absolute atomic E-state index is 0.198. The number of carbonyl (C=O) groups is 1. The number of unbranched alkanes of at least 4 members (excludes halogenated alkanes) is 1. The molecule has 0 aliphatic rings. The smallest absolute Gasteiger partial charge is 0.348 e. The van der Waals surface area contributed by atoms with Gasteiger partial charge in [0.2, 0.25) is 5.28 Å². The maximum atomic E-state index is 12.4. The zero-order chi connectivity index (χ0) is 17.9. The monoisotopic (exact) mass is 369 g/mol. The van der Waals surface area contributed by atoms with Gasteiger partial charge in [-0.2, -0.15) is 4.98 Å². The predicted octanol–water partition coefficient (Wildman–Crippen LogP) is 4.70. The van der Waals surface area contributed by atoms with E-state index in [1.807, 2.05) is 27.8 Å². The third kappa shape index (κ3) is 4.16. The Kier molecular flexibility index (Phi) is 6.40. The molecule has 0 aliphatic carbocycles. The van der Waals surface area contributed by atoms with E-state index in [2.05, 4.69) is 21.8 Å². The summed E-state index contributed by atoms with van der Waals surface area (Å²) in [4.78, 5) is 24.4. The molecule has 2 rings (SSSR count). The molecule has 2 aromatic heterocycles. The molecule has 0 N–H and O–H groups in total. The molecule has 2 heterocycles. The first-order valence-electron chi connectivity index (χ1n) is 8.20. The lowest BCUT2D eigenvalue weighted by Gasteiger charge is -2.19. The maximum Gasteiger partial charge on any atom is 0.348 e. The number of rotatable bonds is 7. The zero-order valence-electron chi connectivity index (χ0n) is 14.9. The van der Waals surface area contributed by atoms with Gasteiger partial charge in [0.15, 0.2) is 0 Å². The third-order valence-electron chi connectivity index (χ3n) is 3.69. The Morgan fingerprint density at radius 2 is 2.08 bits per heavy atom. The first kappa shape index (κ1) is 18.9. The predicted molar refractivity (Wildman–Crippen MR) is 100 cm³/mol. The van der Waals surface area contributed by atoms with E-state index in [4.69, 9.17) is 16.3 Å². The number of aromatic nitrogens is 2. The van der Waals surface area contributed by atoms with Gasteiger partial charge in [0.05, 0.1) is 12.0 Å². The van der Waals surface area contributed by atoms with E-state index in [1.54, 1.807) is 0 Å². The summed E-state index contributed by atoms with van der Waals surface area (Å²) in [5.74, 6) is 0.770. The van der Waals surface area contributed by atoms with E-state index < -0.39 is 0 Å². The first-order valence-corrected chi connectivity index (χ1v) is 9.39. The number of hydrogen-bond acceptors (Lipinski definition) is 6. The fourth-order valence-electron chi connectivity index (χ4n) is 2.37. The van der Waals surface area contributed by atoms with Crippen molar-refractivity contribution >= 4 is 44.9 Å². The van der Waals surface area contributed by atoms with Gasteiger partial charge in [-0.3, -0.25) is 0 Å².